The van der Waals surface area contributed by atoms with Crippen molar-refractivity contribution < 1.29 is 9.90 Å². The van der Waals surface area contributed by atoms with Gasteiger partial charge in [0.25, 0.3) is 5.91 Å². The van der Waals surface area contributed by atoms with Crippen LogP contribution >= 0.6 is 11.6 Å². The molecule has 2 aromatic heterocycles. The predicted molar refractivity (Wildman–Crippen MR) is 82.6 cm³/mol. The van der Waals surface area contributed by atoms with Gasteiger partial charge in [0.2, 0.25) is 0 Å². The molecule has 0 radical (unpaired) electrons. The van der Waals surface area contributed by atoms with Gasteiger partial charge in [0.05, 0.1) is 0 Å². The van der Waals surface area contributed by atoms with Crippen molar-refractivity contribution in [3.05, 3.63) is 35.2 Å². The SMILES string of the molecule is CC(C)(CO)CCCNC(=O)c1c(Cl)nc2ccccn12. The number of imidazole rings is 1. The van der Waals surface area contributed by atoms with Gasteiger partial charge in [-0.2, -0.15) is 0 Å². The number of pyridine rings is 1. The Hall–Kier alpha value is -1.59. The number of carbonyl (C=O) groups excluding carboxylic acids is 1. The number of aliphatic hydroxyl groups is 1. The number of aliphatic hydroxyl groups excluding tert-OH is 1. The van der Waals surface area contributed by atoms with Crippen molar-refractivity contribution in [2.45, 2.75) is 26.7 Å². The Morgan fingerprint density at radius 3 is 2.95 bits per heavy atom. The molecular formula is C15H20ClN3O2. The third-order valence-electron chi connectivity index (χ3n) is 3.45. The monoisotopic (exact) mass is 309 g/mol. The summed E-state index contributed by atoms with van der Waals surface area (Å²) in [6, 6.07) is 5.47. The molecule has 114 valence electrons. The zero-order chi connectivity index (χ0) is 15.5. The van der Waals surface area contributed by atoms with E-state index in [1.54, 1.807) is 16.7 Å². The van der Waals surface area contributed by atoms with E-state index in [0.717, 1.165) is 12.8 Å². The molecule has 0 spiro atoms. The Bertz CT molecular complexity index is 637. The number of hydrogen-bond donors (Lipinski definition) is 2. The molecule has 0 aromatic carbocycles. The molecule has 0 aliphatic rings. The molecule has 0 saturated carbocycles. The highest BCUT2D eigenvalue weighted by atomic mass is 35.5. The second-order valence-corrected chi connectivity index (χ2v) is 6.22. The molecular weight excluding hydrogens is 290 g/mol. The molecule has 2 rings (SSSR count). The van der Waals surface area contributed by atoms with Gasteiger partial charge in [-0.1, -0.05) is 31.5 Å². The maximum Gasteiger partial charge on any atom is 0.271 e. The van der Waals surface area contributed by atoms with Gasteiger partial charge in [0, 0.05) is 19.3 Å². The van der Waals surface area contributed by atoms with Crippen molar-refractivity contribution in [3.63, 3.8) is 0 Å². The van der Waals surface area contributed by atoms with Gasteiger partial charge < -0.3 is 10.4 Å². The van der Waals surface area contributed by atoms with E-state index in [1.807, 2.05) is 26.0 Å². The third kappa shape index (κ3) is 3.74. The number of nitrogens with zero attached hydrogens (tertiary/aromatic N) is 2. The van der Waals surface area contributed by atoms with Crippen molar-refractivity contribution in [2.75, 3.05) is 13.2 Å². The molecule has 0 bridgehead atoms. The van der Waals surface area contributed by atoms with Gasteiger partial charge >= 0.3 is 0 Å². The summed E-state index contributed by atoms with van der Waals surface area (Å²) in [4.78, 5) is 16.4. The van der Waals surface area contributed by atoms with E-state index in [0.29, 0.717) is 17.9 Å². The van der Waals surface area contributed by atoms with Gasteiger partial charge in [-0.15, -0.1) is 0 Å². The van der Waals surface area contributed by atoms with Crippen molar-refractivity contribution in [1.82, 2.24) is 14.7 Å². The standard InChI is InChI=1S/C15H20ClN3O2/c1-15(2,10-20)7-5-8-17-14(21)12-13(16)18-11-6-3-4-9-19(11)12/h3-4,6,9,20H,5,7-8,10H2,1-2H3,(H,17,21). The normalized spacial score (nSPS) is 11.8. The number of halogens is 1. The van der Waals surface area contributed by atoms with Crippen LogP contribution in [-0.4, -0.2) is 33.6 Å². The summed E-state index contributed by atoms with van der Waals surface area (Å²) in [7, 11) is 0. The van der Waals surface area contributed by atoms with Crippen LogP contribution in [0.1, 0.15) is 37.2 Å². The molecule has 1 amide bonds. The zero-order valence-electron chi connectivity index (χ0n) is 12.3. The maximum absolute atomic E-state index is 12.2. The average Bonchev–Trinajstić information content (AvgIpc) is 2.79. The minimum atomic E-state index is -0.236. The molecule has 2 heterocycles. The summed E-state index contributed by atoms with van der Waals surface area (Å²) in [5, 5.41) is 12.2. The first-order valence-corrected chi connectivity index (χ1v) is 7.34. The highest BCUT2D eigenvalue weighted by Gasteiger charge is 2.18. The van der Waals surface area contributed by atoms with Gasteiger partial charge in [0.15, 0.2) is 10.8 Å². The van der Waals surface area contributed by atoms with Gasteiger partial charge in [0.1, 0.15) is 5.65 Å². The first kappa shape index (κ1) is 15.8. The van der Waals surface area contributed by atoms with Gasteiger partial charge in [-0.05, 0) is 30.4 Å². The topological polar surface area (TPSA) is 66.6 Å². The number of fused-ring (bicyclic) bond motifs is 1. The number of amides is 1. The number of hydrogen-bond acceptors (Lipinski definition) is 3. The van der Waals surface area contributed by atoms with E-state index in [2.05, 4.69) is 10.3 Å². The van der Waals surface area contributed by atoms with E-state index in [9.17, 15) is 9.90 Å². The molecule has 0 fully saturated rings. The van der Waals surface area contributed by atoms with Crippen LogP contribution < -0.4 is 5.32 Å². The molecule has 0 atom stereocenters. The molecule has 6 heteroatoms. The van der Waals surface area contributed by atoms with Crippen LogP contribution in [0.4, 0.5) is 0 Å². The summed E-state index contributed by atoms with van der Waals surface area (Å²) in [6.45, 7) is 4.67. The number of aromatic nitrogens is 2. The Kier molecular flexibility index (Phi) is 4.85. The minimum absolute atomic E-state index is 0.119. The Labute approximate surface area is 128 Å². The highest BCUT2D eigenvalue weighted by molar-refractivity contribution is 6.32. The van der Waals surface area contributed by atoms with E-state index in [4.69, 9.17) is 11.6 Å². The Balaban J connectivity index is 1.98. The summed E-state index contributed by atoms with van der Waals surface area (Å²) in [5.74, 6) is -0.236. The highest BCUT2D eigenvalue weighted by Crippen LogP contribution is 2.21. The van der Waals surface area contributed by atoms with E-state index >= 15 is 0 Å². The molecule has 0 aliphatic carbocycles. The first-order valence-electron chi connectivity index (χ1n) is 6.96. The first-order chi connectivity index (χ1) is 9.94. The molecule has 5 nitrogen and oxygen atoms in total. The molecule has 2 aromatic rings. The fourth-order valence-corrected chi connectivity index (χ4v) is 2.37. The summed E-state index contributed by atoms with van der Waals surface area (Å²) in [5.41, 5.74) is 0.883. The fraction of sp³-hybridized carbons (Fsp3) is 0.467. The molecule has 0 unspecified atom stereocenters. The predicted octanol–water partition coefficient (Wildman–Crippen LogP) is 2.52. The maximum atomic E-state index is 12.2. The Morgan fingerprint density at radius 1 is 1.48 bits per heavy atom. The van der Waals surface area contributed by atoms with Crippen molar-refractivity contribution in [3.8, 4) is 0 Å². The average molecular weight is 310 g/mol. The van der Waals surface area contributed by atoms with Crippen molar-refractivity contribution in [1.29, 1.82) is 0 Å². The van der Waals surface area contributed by atoms with Gasteiger partial charge in [-0.25, -0.2) is 4.98 Å². The van der Waals surface area contributed by atoms with Crippen LogP contribution in [0, 0.1) is 5.41 Å². The van der Waals surface area contributed by atoms with Crippen LogP contribution in [0.25, 0.3) is 5.65 Å². The van der Waals surface area contributed by atoms with Crippen LogP contribution in [0.15, 0.2) is 24.4 Å². The van der Waals surface area contributed by atoms with Crippen molar-refractivity contribution in [2.24, 2.45) is 5.41 Å². The lowest BCUT2D eigenvalue weighted by atomic mass is 9.89. The second kappa shape index (κ2) is 6.45. The van der Waals surface area contributed by atoms with Crippen LogP contribution in [-0.2, 0) is 0 Å². The summed E-state index contributed by atoms with van der Waals surface area (Å²) in [6.07, 6.45) is 3.40. The van der Waals surface area contributed by atoms with Gasteiger partial charge in [-0.3, -0.25) is 9.20 Å². The summed E-state index contributed by atoms with van der Waals surface area (Å²) < 4.78 is 1.68. The van der Waals surface area contributed by atoms with E-state index in [1.165, 1.54) is 0 Å². The zero-order valence-corrected chi connectivity index (χ0v) is 13.0. The van der Waals surface area contributed by atoms with E-state index < -0.39 is 0 Å². The minimum Gasteiger partial charge on any atom is -0.396 e. The second-order valence-electron chi connectivity index (χ2n) is 5.86. The number of carbonyl (C=O) groups is 1. The molecule has 21 heavy (non-hydrogen) atoms. The number of nitrogens with one attached hydrogen (secondary N) is 1. The fourth-order valence-electron chi connectivity index (χ4n) is 2.10. The smallest absolute Gasteiger partial charge is 0.271 e. The Morgan fingerprint density at radius 2 is 2.24 bits per heavy atom. The lowest BCUT2D eigenvalue weighted by molar-refractivity contribution is 0.0943. The van der Waals surface area contributed by atoms with Crippen LogP contribution in [0.2, 0.25) is 5.15 Å². The summed E-state index contributed by atoms with van der Waals surface area (Å²) >= 11 is 6.04. The number of rotatable bonds is 6. The van der Waals surface area contributed by atoms with Crippen LogP contribution in [0.3, 0.4) is 0 Å². The largest absolute Gasteiger partial charge is 0.396 e. The van der Waals surface area contributed by atoms with Crippen LogP contribution in [0.5, 0.6) is 0 Å². The molecule has 2 N–H and O–H groups in total. The molecule has 0 saturated heterocycles. The van der Waals surface area contributed by atoms with Crippen molar-refractivity contribution >= 4 is 23.2 Å². The lowest BCUT2D eigenvalue weighted by Gasteiger charge is -2.21. The quantitative estimate of drug-likeness (QED) is 0.806. The lowest BCUT2D eigenvalue weighted by Crippen LogP contribution is -2.27. The van der Waals surface area contributed by atoms with E-state index in [-0.39, 0.29) is 23.1 Å². The third-order valence-corrected chi connectivity index (χ3v) is 3.71. The molecule has 0 aliphatic heterocycles.